The molecule has 2 atom stereocenters. The molecule has 0 radical (unpaired) electrons. The molecule has 76 valence electrons. The second kappa shape index (κ2) is 3.37. The maximum absolute atomic E-state index is 5.82. The van der Waals surface area contributed by atoms with Crippen molar-refractivity contribution in [1.29, 1.82) is 0 Å². The highest BCUT2D eigenvalue weighted by molar-refractivity contribution is 5.20. The SMILES string of the molecule is C[C@H]1OC(C)(c2ccccc2)O[C@@H]1C. The Labute approximate surface area is 84.8 Å². The van der Waals surface area contributed by atoms with Gasteiger partial charge < -0.3 is 9.47 Å². The molecule has 0 unspecified atom stereocenters. The van der Waals surface area contributed by atoms with Crippen LogP contribution < -0.4 is 0 Å². The monoisotopic (exact) mass is 192 g/mol. The van der Waals surface area contributed by atoms with E-state index < -0.39 is 5.79 Å². The van der Waals surface area contributed by atoms with E-state index in [9.17, 15) is 0 Å². The molecule has 14 heavy (non-hydrogen) atoms. The minimum Gasteiger partial charge on any atom is -0.340 e. The molecule has 0 amide bonds. The molecule has 1 fully saturated rings. The lowest BCUT2D eigenvalue weighted by Gasteiger charge is -2.23. The van der Waals surface area contributed by atoms with Crippen LogP contribution in [-0.4, -0.2) is 12.2 Å². The van der Waals surface area contributed by atoms with Crippen LogP contribution >= 0.6 is 0 Å². The molecular formula is C12H16O2. The zero-order chi connectivity index (χ0) is 10.2. The molecule has 0 N–H and O–H groups in total. The van der Waals surface area contributed by atoms with E-state index >= 15 is 0 Å². The summed E-state index contributed by atoms with van der Waals surface area (Å²) in [4.78, 5) is 0. The lowest BCUT2D eigenvalue weighted by molar-refractivity contribution is -0.166. The van der Waals surface area contributed by atoms with Crippen LogP contribution in [0.1, 0.15) is 26.3 Å². The lowest BCUT2D eigenvalue weighted by Crippen LogP contribution is -2.23. The fraction of sp³-hybridized carbons (Fsp3) is 0.500. The third-order valence-corrected chi connectivity index (χ3v) is 2.78. The van der Waals surface area contributed by atoms with Crippen molar-refractivity contribution in [2.45, 2.75) is 38.8 Å². The topological polar surface area (TPSA) is 18.5 Å². The first-order chi connectivity index (χ1) is 6.62. The van der Waals surface area contributed by atoms with Gasteiger partial charge in [0.25, 0.3) is 0 Å². The summed E-state index contributed by atoms with van der Waals surface area (Å²) >= 11 is 0. The van der Waals surface area contributed by atoms with Crippen molar-refractivity contribution >= 4 is 0 Å². The number of benzene rings is 1. The van der Waals surface area contributed by atoms with Gasteiger partial charge in [-0.1, -0.05) is 30.3 Å². The van der Waals surface area contributed by atoms with E-state index in [0.29, 0.717) is 0 Å². The second-order valence-corrected chi connectivity index (χ2v) is 3.96. The molecule has 2 heteroatoms. The van der Waals surface area contributed by atoms with E-state index in [0.717, 1.165) is 5.56 Å². The molecule has 1 aliphatic heterocycles. The van der Waals surface area contributed by atoms with Crippen LogP contribution in [-0.2, 0) is 15.3 Å². The molecule has 1 saturated heterocycles. The molecule has 2 rings (SSSR count). The maximum Gasteiger partial charge on any atom is 0.192 e. The summed E-state index contributed by atoms with van der Waals surface area (Å²) in [6.07, 6.45) is 0.306. The molecule has 1 aliphatic rings. The molecule has 0 aromatic heterocycles. The van der Waals surface area contributed by atoms with Gasteiger partial charge in [0.15, 0.2) is 5.79 Å². The molecule has 0 saturated carbocycles. The Bertz CT molecular complexity index is 297. The molecule has 1 aromatic rings. The minimum absolute atomic E-state index is 0.153. The fourth-order valence-corrected chi connectivity index (χ4v) is 1.81. The number of hydrogen-bond donors (Lipinski definition) is 0. The van der Waals surface area contributed by atoms with E-state index in [4.69, 9.17) is 9.47 Å². The summed E-state index contributed by atoms with van der Waals surface area (Å²) in [5, 5.41) is 0. The van der Waals surface area contributed by atoms with Gasteiger partial charge in [0.2, 0.25) is 0 Å². The average Bonchev–Trinajstić information content (AvgIpc) is 2.44. The van der Waals surface area contributed by atoms with Crippen LogP contribution in [0.5, 0.6) is 0 Å². The van der Waals surface area contributed by atoms with Crippen molar-refractivity contribution < 1.29 is 9.47 Å². The van der Waals surface area contributed by atoms with Crippen LogP contribution in [0.4, 0.5) is 0 Å². The van der Waals surface area contributed by atoms with Crippen molar-refractivity contribution in [3.63, 3.8) is 0 Å². The van der Waals surface area contributed by atoms with Crippen molar-refractivity contribution in [2.75, 3.05) is 0 Å². The predicted molar refractivity (Wildman–Crippen MR) is 54.9 cm³/mol. The van der Waals surface area contributed by atoms with Crippen LogP contribution in [0.2, 0.25) is 0 Å². The van der Waals surface area contributed by atoms with Crippen molar-refractivity contribution in [3.05, 3.63) is 35.9 Å². The van der Waals surface area contributed by atoms with Crippen molar-refractivity contribution in [2.24, 2.45) is 0 Å². The normalized spacial score (nSPS) is 30.5. The van der Waals surface area contributed by atoms with Gasteiger partial charge in [0.05, 0.1) is 12.2 Å². The Hall–Kier alpha value is -0.860. The third-order valence-electron chi connectivity index (χ3n) is 2.78. The first kappa shape index (κ1) is 9.69. The second-order valence-electron chi connectivity index (χ2n) is 3.96. The van der Waals surface area contributed by atoms with Crippen molar-refractivity contribution in [3.8, 4) is 0 Å². The summed E-state index contributed by atoms with van der Waals surface area (Å²) in [5.41, 5.74) is 1.08. The fourth-order valence-electron chi connectivity index (χ4n) is 1.81. The quantitative estimate of drug-likeness (QED) is 0.681. The van der Waals surface area contributed by atoms with Crippen LogP contribution in [0, 0.1) is 0 Å². The van der Waals surface area contributed by atoms with Crippen LogP contribution in [0.15, 0.2) is 30.3 Å². The van der Waals surface area contributed by atoms with Gasteiger partial charge in [0.1, 0.15) is 0 Å². The molecule has 1 heterocycles. The van der Waals surface area contributed by atoms with E-state index in [1.807, 2.05) is 51.1 Å². The van der Waals surface area contributed by atoms with E-state index in [-0.39, 0.29) is 12.2 Å². The van der Waals surface area contributed by atoms with Crippen LogP contribution in [0.3, 0.4) is 0 Å². The highest BCUT2D eigenvalue weighted by atomic mass is 16.8. The van der Waals surface area contributed by atoms with Gasteiger partial charge >= 0.3 is 0 Å². The first-order valence-electron chi connectivity index (χ1n) is 5.03. The standard InChI is InChI=1S/C12H16O2/c1-9-10(2)14-12(3,13-9)11-7-5-4-6-8-11/h4-10H,1-3H3/t9-,10-/m1/s1. The molecule has 0 aliphatic carbocycles. The highest BCUT2D eigenvalue weighted by Crippen LogP contribution is 2.36. The Morgan fingerprint density at radius 2 is 1.50 bits per heavy atom. The smallest absolute Gasteiger partial charge is 0.192 e. The van der Waals surface area contributed by atoms with E-state index in [1.165, 1.54) is 0 Å². The first-order valence-corrected chi connectivity index (χ1v) is 5.03. The summed E-state index contributed by atoms with van der Waals surface area (Å²) in [5.74, 6) is -0.569. The molecule has 0 spiro atoms. The lowest BCUT2D eigenvalue weighted by atomic mass is 10.1. The third kappa shape index (κ3) is 1.56. The summed E-state index contributed by atoms with van der Waals surface area (Å²) < 4.78 is 11.6. The largest absolute Gasteiger partial charge is 0.340 e. The van der Waals surface area contributed by atoms with E-state index in [1.54, 1.807) is 0 Å². The molecule has 2 nitrogen and oxygen atoms in total. The number of hydrogen-bond acceptors (Lipinski definition) is 2. The summed E-state index contributed by atoms with van der Waals surface area (Å²) in [6, 6.07) is 10.1. The van der Waals surface area contributed by atoms with Gasteiger partial charge in [-0.2, -0.15) is 0 Å². The van der Waals surface area contributed by atoms with E-state index in [2.05, 4.69) is 0 Å². The Morgan fingerprint density at radius 1 is 1.00 bits per heavy atom. The Morgan fingerprint density at radius 3 is 2.00 bits per heavy atom. The maximum atomic E-state index is 5.82. The highest BCUT2D eigenvalue weighted by Gasteiger charge is 2.41. The minimum atomic E-state index is -0.569. The molecule has 0 bridgehead atoms. The van der Waals surface area contributed by atoms with Gasteiger partial charge in [-0.05, 0) is 20.8 Å². The molecular weight excluding hydrogens is 176 g/mol. The Balaban J connectivity index is 2.27. The predicted octanol–water partition coefficient (Wildman–Crippen LogP) is 2.68. The van der Waals surface area contributed by atoms with Crippen LogP contribution in [0.25, 0.3) is 0 Å². The van der Waals surface area contributed by atoms with Gasteiger partial charge in [-0.15, -0.1) is 0 Å². The van der Waals surface area contributed by atoms with Crippen molar-refractivity contribution in [1.82, 2.24) is 0 Å². The summed E-state index contributed by atoms with van der Waals surface area (Å²) in [7, 11) is 0. The zero-order valence-electron chi connectivity index (χ0n) is 8.86. The molecule has 1 aromatic carbocycles. The number of ether oxygens (including phenoxy) is 2. The summed E-state index contributed by atoms with van der Waals surface area (Å²) in [6.45, 7) is 6.06. The Kier molecular flexibility index (Phi) is 2.33. The van der Waals surface area contributed by atoms with Gasteiger partial charge in [-0.25, -0.2) is 0 Å². The zero-order valence-corrected chi connectivity index (χ0v) is 8.86. The van der Waals surface area contributed by atoms with Gasteiger partial charge in [-0.3, -0.25) is 0 Å². The van der Waals surface area contributed by atoms with Gasteiger partial charge in [0, 0.05) is 5.56 Å². The average molecular weight is 192 g/mol. The number of rotatable bonds is 1.